The van der Waals surface area contributed by atoms with Crippen molar-refractivity contribution < 1.29 is 9.53 Å². The fourth-order valence-corrected chi connectivity index (χ4v) is 3.19. The number of nitrogens with zero attached hydrogens (tertiary/aromatic N) is 2. The van der Waals surface area contributed by atoms with Crippen LogP contribution in [0.1, 0.15) is 77.2 Å². The van der Waals surface area contributed by atoms with Crippen LogP contribution in [0, 0.1) is 0 Å². The minimum absolute atomic E-state index is 0.462. The van der Waals surface area contributed by atoms with E-state index in [0.29, 0.717) is 11.6 Å². The molecule has 1 unspecified atom stereocenters. The Morgan fingerprint density at radius 3 is 2.03 bits per heavy atom. The molecule has 2 aromatic rings. The monoisotopic (exact) mass is 416 g/mol. The second kappa shape index (κ2) is 13.3. The van der Waals surface area contributed by atoms with Crippen LogP contribution in [-0.4, -0.2) is 21.3 Å². The summed E-state index contributed by atoms with van der Waals surface area (Å²) in [5, 5.41) is -0.670. The molecular weight excluding hydrogens is 384 g/mol. The van der Waals surface area contributed by atoms with Gasteiger partial charge in [0, 0.05) is 18.0 Å². The first-order chi connectivity index (χ1) is 14.1. The van der Waals surface area contributed by atoms with Gasteiger partial charge in [0.2, 0.25) is 0 Å². The van der Waals surface area contributed by atoms with Crippen molar-refractivity contribution in [3.8, 4) is 17.1 Å². The fourth-order valence-electron chi connectivity index (χ4n) is 3.14. The Hall–Kier alpha value is -1.94. The van der Waals surface area contributed by atoms with E-state index in [0.717, 1.165) is 12.0 Å². The lowest BCUT2D eigenvalue weighted by Crippen LogP contribution is -2.17. The topological polar surface area (TPSA) is 52.1 Å². The molecule has 1 atom stereocenters. The molecule has 0 spiro atoms. The lowest BCUT2D eigenvalue weighted by Gasteiger charge is -2.07. The molecule has 0 aliphatic carbocycles. The zero-order chi connectivity index (χ0) is 20.9. The summed E-state index contributed by atoms with van der Waals surface area (Å²) in [6.07, 6.45) is 16.8. The summed E-state index contributed by atoms with van der Waals surface area (Å²) < 4.78 is 5.17. The van der Waals surface area contributed by atoms with E-state index in [1.807, 2.05) is 24.5 Å². The summed E-state index contributed by atoms with van der Waals surface area (Å²) in [6, 6.07) is 7.14. The molecule has 5 heteroatoms. The van der Waals surface area contributed by atoms with E-state index >= 15 is 0 Å². The maximum atomic E-state index is 11.5. The van der Waals surface area contributed by atoms with E-state index in [1.165, 1.54) is 63.4 Å². The van der Waals surface area contributed by atoms with Crippen molar-refractivity contribution in [2.75, 3.05) is 0 Å². The molecule has 158 valence electrons. The van der Waals surface area contributed by atoms with Gasteiger partial charge in [-0.25, -0.2) is 9.97 Å². The molecule has 2 rings (SSSR count). The SMILES string of the molecule is CCCCCCCCCCCc1cnc(-c2ccc(OC(=O)C(C)Cl)cc2)nc1. The minimum atomic E-state index is -0.670. The first kappa shape index (κ1) is 23.3. The van der Waals surface area contributed by atoms with Crippen molar-refractivity contribution in [2.45, 2.75) is 83.4 Å². The Balaban J connectivity index is 1.71. The van der Waals surface area contributed by atoms with Crippen LogP contribution < -0.4 is 4.74 Å². The average Bonchev–Trinajstić information content (AvgIpc) is 2.73. The van der Waals surface area contributed by atoms with Crippen LogP contribution in [0.2, 0.25) is 0 Å². The number of hydrogen-bond acceptors (Lipinski definition) is 4. The largest absolute Gasteiger partial charge is 0.425 e. The van der Waals surface area contributed by atoms with Gasteiger partial charge in [0.25, 0.3) is 0 Å². The van der Waals surface area contributed by atoms with Gasteiger partial charge in [-0.1, -0.05) is 58.3 Å². The summed E-state index contributed by atoms with van der Waals surface area (Å²) in [4.78, 5) is 20.5. The van der Waals surface area contributed by atoms with Crippen LogP contribution in [0.25, 0.3) is 11.4 Å². The lowest BCUT2D eigenvalue weighted by molar-refractivity contribution is -0.133. The maximum absolute atomic E-state index is 11.5. The number of aryl methyl sites for hydroxylation is 1. The van der Waals surface area contributed by atoms with E-state index in [9.17, 15) is 4.79 Å². The van der Waals surface area contributed by atoms with Gasteiger partial charge in [-0.15, -0.1) is 11.6 Å². The minimum Gasteiger partial charge on any atom is -0.425 e. The number of alkyl halides is 1. The molecule has 0 amide bonds. The number of hydrogen-bond donors (Lipinski definition) is 0. The normalized spacial score (nSPS) is 12.0. The van der Waals surface area contributed by atoms with Crippen molar-refractivity contribution in [3.63, 3.8) is 0 Å². The highest BCUT2D eigenvalue weighted by Gasteiger charge is 2.12. The molecule has 1 aromatic carbocycles. The van der Waals surface area contributed by atoms with Crippen LogP contribution in [-0.2, 0) is 11.2 Å². The number of carbonyl (C=O) groups is 1. The fraction of sp³-hybridized carbons (Fsp3) is 0.542. The van der Waals surface area contributed by atoms with Crippen LogP contribution in [0.15, 0.2) is 36.7 Å². The van der Waals surface area contributed by atoms with E-state index in [2.05, 4.69) is 16.9 Å². The first-order valence-electron chi connectivity index (χ1n) is 10.9. The summed E-state index contributed by atoms with van der Waals surface area (Å²) in [5.41, 5.74) is 2.07. The number of rotatable bonds is 13. The number of ether oxygens (including phenoxy) is 1. The van der Waals surface area contributed by atoms with Gasteiger partial charge in [-0.05, 0) is 49.6 Å². The predicted octanol–water partition coefficient (Wildman–Crippen LogP) is 6.75. The molecule has 0 saturated heterocycles. The summed E-state index contributed by atoms with van der Waals surface area (Å²) in [5.74, 6) is 0.675. The predicted molar refractivity (Wildman–Crippen MR) is 119 cm³/mol. The third-order valence-corrected chi connectivity index (χ3v) is 5.11. The second-order valence-corrected chi connectivity index (χ2v) is 8.21. The smallest absolute Gasteiger partial charge is 0.329 e. The molecule has 1 aromatic heterocycles. The Morgan fingerprint density at radius 2 is 1.48 bits per heavy atom. The van der Waals surface area contributed by atoms with Gasteiger partial charge in [0.1, 0.15) is 11.1 Å². The Kier molecular flexibility index (Phi) is 10.7. The lowest BCUT2D eigenvalue weighted by atomic mass is 10.1. The quantitative estimate of drug-likeness (QED) is 0.157. The van der Waals surface area contributed by atoms with E-state index in [4.69, 9.17) is 16.3 Å². The Bertz CT molecular complexity index is 715. The first-order valence-corrected chi connectivity index (χ1v) is 11.3. The molecule has 0 bridgehead atoms. The third kappa shape index (κ3) is 8.95. The number of carbonyl (C=O) groups excluding carboxylic acids is 1. The summed E-state index contributed by atoms with van der Waals surface area (Å²) >= 11 is 5.71. The average molecular weight is 417 g/mol. The van der Waals surface area contributed by atoms with E-state index in [-0.39, 0.29) is 0 Å². The van der Waals surface area contributed by atoms with Gasteiger partial charge < -0.3 is 4.74 Å². The van der Waals surface area contributed by atoms with Crippen molar-refractivity contribution in [1.82, 2.24) is 9.97 Å². The molecule has 1 heterocycles. The maximum Gasteiger partial charge on any atom is 0.329 e. The zero-order valence-corrected chi connectivity index (χ0v) is 18.5. The molecule has 4 nitrogen and oxygen atoms in total. The molecule has 0 radical (unpaired) electrons. The van der Waals surface area contributed by atoms with Crippen molar-refractivity contribution in [1.29, 1.82) is 0 Å². The molecule has 0 saturated carbocycles. The van der Waals surface area contributed by atoms with Crippen molar-refractivity contribution >= 4 is 17.6 Å². The number of benzene rings is 1. The number of unbranched alkanes of at least 4 members (excludes halogenated alkanes) is 8. The van der Waals surface area contributed by atoms with E-state index < -0.39 is 11.3 Å². The molecule has 0 aliphatic heterocycles. The van der Waals surface area contributed by atoms with Gasteiger partial charge in [0.15, 0.2) is 5.82 Å². The summed E-state index contributed by atoms with van der Waals surface area (Å²) in [7, 11) is 0. The van der Waals surface area contributed by atoms with Crippen LogP contribution in [0.5, 0.6) is 5.75 Å². The molecular formula is C24H33ClN2O2. The third-order valence-electron chi connectivity index (χ3n) is 4.93. The van der Waals surface area contributed by atoms with Gasteiger partial charge >= 0.3 is 5.97 Å². The number of aromatic nitrogens is 2. The van der Waals surface area contributed by atoms with Gasteiger partial charge in [0.05, 0.1) is 0 Å². The highest BCUT2D eigenvalue weighted by Crippen LogP contribution is 2.20. The Labute approximate surface area is 180 Å². The highest BCUT2D eigenvalue weighted by molar-refractivity contribution is 6.29. The highest BCUT2D eigenvalue weighted by atomic mass is 35.5. The van der Waals surface area contributed by atoms with Gasteiger partial charge in [-0.2, -0.15) is 0 Å². The van der Waals surface area contributed by atoms with E-state index in [1.54, 1.807) is 19.1 Å². The summed E-state index contributed by atoms with van der Waals surface area (Å²) in [6.45, 7) is 3.84. The molecule has 0 fully saturated rings. The Morgan fingerprint density at radius 1 is 0.931 bits per heavy atom. The molecule has 29 heavy (non-hydrogen) atoms. The number of esters is 1. The van der Waals surface area contributed by atoms with Crippen molar-refractivity contribution in [3.05, 3.63) is 42.2 Å². The standard InChI is InChI=1S/C24H33ClN2O2/c1-3-4-5-6-7-8-9-10-11-12-20-17-26-23(27-18-20)21-13-15-22(16-14-21)29-24(28)19(2)25/h13-19H,3-12H2,1-2H3. The zero-order valence-electron chi connectivity index (χ0n) is 17.7. The van der Waals surface area contributed by atoms with Crippen molar-refractivity contribution in [2.24, 2.45) is 0 Å². The molecule has 0 aliphatic rings. The molecule has 0 N–H and O–H groups in total. The van der Waals surface area contributed by atoms with Crippen LogP contribution in [0.4, 0.5) is 0 Å². The number of halogens is 1. The van der Waals surface area contributed by atoms with Crippen LogP contribution >= 0.6 is 11.6 Å². The van der Waals surface area contributed by atoms with Gasteiger partial charge in [-0.3, -0.25) is 4.79 Å². The van der Waals surface area contributed by atoms with Crippen LogP contribution in [0.3, 0.4) is 0 Å². The second-order valence-electron chi connectivity index (χ2n) is 7.55.